The van der Waals surface area contributed by atoms with Crippen LogP contribution in [0.2, 0.25) is 0 Å². The van der Waals surface area contributed by atoms with Crippen molar-refractivity contribution in [3.05, 3.63) is 48.0 Å². The molecule has 298 valence electrons. The standard InChI is InChI=1S/C40H46N10O6S/c1-19(2)29(47-39(53)55-5)37(51)49-17-7-9-27(49)34-42-23-14-13-22-21(31(23)45-34)11-12-26(41-22)36-44-25-16-15-24-32(33(25)57-36)46-35(43-24)28-10-8-18-50(28)38(52)30(20(3)4)48-40(54)56-6/h11-16,19-20,27-30,41H,7-10,17-18H2,1-6H3,(H,43,46)(H,47,53)(H,48,54)/t27-,28-,29-,30-/m0/s1. The summed E-state index contributed by atoms with van der Waals surface area (Å²) >= 11 is 1.54. The number of aromatic amines is 2. The molecule has 4 amide bonds. The number of rotatable bonds is 9. The Morgan fingerprint density at radius 3 is 1.98 bits per heavy atom. The number of nitrogens with one attached hydrogen (secondary N) is 4. The number of aromatic nitrogens is 6. The van der Waals surface area contributed by atoms with E-state index in [-0.39, 0.29) is 35.7 Å². The number of alkyl carbamates (subject to hydrolysis) is 2. The molecule has 2 aliphatic heterocycles. The molecule has 6 aromatic rings. The third kappa shape index (κ3) is 6.97. The van der Waals surface area contributed by atoms with E-state index in [4.69, 9.17) is 29.4 Å². The minimum Gasteiger partial charge on any atom is -0.453 e. The smallest absolute Gasteiger partial charge is 0.407 e. The Morgan fingerprint density at radius 1 is 0.719 bits per heavy atom. The Kier molecular flexibility index (Phi) is 10.2. The van der Waals surface area contributed by atoms with Crippen molar-refractivity contribution in [1.82, 2.24) is 50.3 Å². The first-order chi connectivity index (χ1) is 27.4. The Bertz CT molecular complexity index is 2530. The lowest BCUT2D eigenvalue weighted by atomic mass is 10.0. The number of amides is 4. The van der Waals surface area contributed by atoms with Crippen LogP contribution < -0.4 is 10.6 Å². The largest absolute Gasteiger partial charge is 0.453 e. The number of hydrogen-bond acceptors (Lipinski definition) is 11. The summed E-state index contributed by atoms with van der Waals surface area (Å²) in [5, 5.41) is 7.10. The number of thiazole rings is 1. The Balaban J connectivity index is 1.06. The summed E-state index contributed by atoms with van der Waals surface area (Å²) in [6.45, 7) is 8.71. The van der Waals surface area contributed by atoms with E-state index in [1.807, 2.05) is 69.0 Å². The van der Waals surface area contributed by atoms with E-state index in [1.54, 1.807) is 4.90 Å². The van der Waals surface area contributed by atoms with Gasteiger partial charge >= 0.3 is 12.2 Å². The minimum absolute atomic E-state index is 0.126. The Labute approximate surface area is 332 Å². The summed E-state index contributed by atoms with van der Waals surface area (Å²) in [4.78, 5) is 82.0. The van der Waals surface area contributed by atoms with Crippen molar-refractivity contribution in [3.63, 3.8) is 0 Å². The molecule has 16 nitrogen and oxygen atoms in total. The average molecular weight is 795 g/mol. The van der Waals surface area contributed by atoms with Crippen LogP contribution in [0.4, 0.5) is 9.59 Å². The number of hydrogen-bond donors (Lipinski definition) is 4. The number of likely N-dealkylation sites (tertiary alicyclic amines) is 2. The predicted molar refractivity (Wildman–Crippen MR) is 215 cm³/mol. The molecule has 8 rings (SSSR count). The lowest BCUT2D eigenvalue weighted by Gasteiger charge is -2.29. The number of pyridine rings is 1. The number of carbonyl (C=O) groups excluding carboxylic acids is 4. The molecule has 0 saturated carbocycles. The van der Waals surface area contributed by atoms with Crippen molar-refractivity contribution in [2.45, 2.75) is 77.5 Å². The molecule has 2 aliphatic rings. The molecule has 0 radical (unpaired) electrons. The van der Waals surface area contributed by atoms with Gasteiger partial charge in [-0.15, -0.1) is 11.3 Å². The number of fused-ring (bicyclic) bond motifs is 6. The van der Waals surface area contributed by atoms with Crippen molar-refractivity contribution >= 4 is 78.5 Å². The normalized spacial score (nSPS) is 18.3. The predicted octanol–water partition coefficient (Wildman–Crippen LogP) is 6.35. The molecule has 4 N–H and O–H groups in total. The fraction of sp³-hybridized carbons (Fsp3) is 0.450. The van der Waals surface area contributed by atoms with Gasteiger partial charge in [0.15, 0.2) is 5.82 Å². The SMILES string of the molecule is COC(=O)N[C@H](C(=O)N1CCC[C@H]1c1nc2ccc3[nH]c(-c4nc5ccc6[nH]c([C@@H]7CCCN7C(=O)[C@@H](NC(=O)OC)C(C)C)nc6c5s4)ccc3c2n1)C(C)C. The second kappa shape index (κ2) is 15.2. The van der Waals surface area contributed by atoms with Gasteiger partial charge in [-0.3, -0.25) is 9.59 Å². The molecule has 2 saturated heterocycles. The summed E-state index contributed by atoms with van der Waals surface area (Å²) in [5.74, 6) is 0.707. The second-order valence-electron chi connectivity index (χ2n) is 15.4. The summed E-state index contributed by atoms with van der Waals surface area (Å²) in [6, 6.07) is 9.89. The van der Waals surface area contributed by atoms with Crippen molar-refractivity contribution in [1.29, 1.82) is 0 Å². The van der Waals surface area contributed by atoms with Gasteiger partial charge in [0.1, 0.15) is 33.9 Å². The summed E-state index contributed by atoms with van der Waals surface area (Å²) in [5.41, 5.74) is 5.65. The topological polar surface area (TPSA) is 200 Å². The van der Waals surface area contributed by atoms with Crippen LogP contribution in [0.1, 0.15) is 77.1 Å². The second-order valence-corrected chi connectivity index (χ2v) is 16.4. The Hall–Kier alpha value is -5.84. The molecule has 57 heavy (non-hydrogen) atoms. The molecule has 0 unspecified atom stereocenters. The van der Waals surface area contributed by atoms with Gasteiger partial charge in [-0.2, -0.15) is 0 Å². The van der Waals surface area contributed by atoms with Crippen LogP contribution in [-0.4, -0.2) is 103 Å². The van der Waals surface area contributed by atoms with Crippen LogP contribution in [0, 0.1) is 11.8 Å². The fourth-order valence-electron chi connectivity index (χ4n) is 8.09. The molecule has 2 aromatic carbocycles. The van der Waals surface area contributed by atoms with E-state index < -0.39 is 24.3 Å². The number of ether oxygens (including phenoxy) is 2. The molecular formula is C40H46N10O6S. The van der Waals surface area contributed by atoms with Gasteiger partial charge in [-0.1, -0.05) is 27.7 Å². The first-order valence-corrected chi connectivity index (χ1v) is 20.2. The maximum atomic E-state index is 13.7. The number of H-pyrrole nitrogens is 2. The molecular weight excluding hydrogens is 749 g/mol. The third-order valence-corrected chi connectivity index (χ3v) is 12.2. The van der Waals surface area contributed by atoms with E-state index in [9.17, 15) is 19.2 Å². The van der Waals surface area contributed by atoms with Gasteiger partial charge in [0, 0.05) is 24.0 Å². The third-order valence-electron chi connectivity index (χ3n) is 11.1. The van der Waals surface area contributed by atoms with E-state index in [0.717, 1.165) is 79.6 Å². The van der Waals surface area contributed by atoms with Gasteiger partial charge in [0.25, 0.3) is 0 Å². The summed E-state index contributed by atoms with van der Waals surface area (Å²) < 4.78 is 10.5. The molecule has 17 heteroatoms. The number of methoxy groups -OCH3 is 2. The highest BCUT2D eigenvalue weighted by atomic mass is 32.1. The lowest BCUT2D eigenvalue weighted by Crippen LogP contribution is -2.51. The number of benzene rings is 2. The molecule has 0 aliphatic carbocycles. The zero-order valence-electron chi connectivity index (χ0n) is 32.7. The molecule has 0 bridgehead atoms. The number of carbonyl (C=O) groups is 4. The van der Waals surface area contributed by atoms with Crippen molar-refractivity contribution in [2.24, 2.45) is 11.8 Å². The van der Waals surface area contributed by atoms with Gasteiger partial charge < -0.3 is 39.9 Å². The number of imidazole rings is 2. The van der Waals surface area contributed by atoms with Crippen LogP contribution in [0.5, 0.6) is 0 Å². The molecule has 4 aromatic heterocycles. The van der Waals surface area contributed by atoms with Crippen LogP contribution in [-0.2, 0) is 19.1 Å². The quantitative estimate of drug-likeness (QED) is 0.128. The van der Waals surface area contributed by atoms with Crippen molar-refractivity contribution in [3.8, 4) is 10.7 Å². The monoisotopic (exact) mass is 794 g/mol. The first kappa shape index (κ1) is 38.1. The van der Waals surface area contributed by atoms with Crippen molar-refractivity contribution < 1.29 is 28.7 Å². The molecule has 6 heterocycles. The van der Waals surface area contributed by atoms with E-state index in [2.05, 4.69) is 20.6 Å². The first-order valence-electron chi connectivity index (χ1n) is 19.3. The fourth-order valence-corrected chi connectivity index (χ4v) is 9.13. The molecule has 4 atom stereocenters. The molecule has 0 spiro atoms. The van der Waals surface area contributed by atoms with Gasteiger partial charge in [0.2, 0.25) is 11.8 Å². The highest BCUT2D eigenvalue weighted by Gasteiger charge is 2.39. The van der Waals surface area contributed by atoms with Crippen LogP contribution in [0.3, 0.4) is 0 Å². The van der Waals surface area contributed by atoms with Crippen LogP contribution in [0.25, 0.3) is 53.9 Å². The van der Waals surface area contributed by atoms with Gasteiger partial charge in [-0.05, 0) is 73.9 Å². The summed E-state index contributed by atoms with van der Waals surface area (Å²) in [7, 11) is 2.57. The van der Waals surface area contributed by atoms with Crippen LogP contribution in [0.15, 0.2) is 36.4 Å². The van der Waals surface area contributed by atoms with E-state index in [1.165, 1.54) is 25.6 Å². The average Bonchev–Trinajstić information content (AvgIpc) is 4.05. The summed E-state index contributed by atoms with van der Waals surface area (Å²) in [6.07, 6.45) is 1.84. The molecule has 2 fully saturated rings. The number of nitrogens with zero attached hydrogens (tertiary/aromatic N) is 6. The van der Waals surface area contributed by atoms with Gasteiger partial charge in [0.05, 0.1) is 53.2 Å². The minimum atomic E-state index is -0.723. The lowest BCUT2D eigenvalue weighted by molar-refractivity contribution is -0.136. The van der Waals surface area contributed by atoms with E-state index in [0.29, 0.717) is 24.7 Å². The van der Waals surface area contributed by atoms with Crippen molar-refractivity contribution in [2.75, 3.05) is 27.3 Å². The maximum Gasteiger partial charge on any atom is 0.407 e. The highest BCUT2D eigenvalue weighted by Crippen LogP contribution is 2.39. The van der Waals surface area contributed by atoms with Crippen LogP contribution >= 0.6 is 11.3 Å². The Morgan fingerprint density at radius 2 is 1.33 bits per heavy atom. The zero-order valence-corrected chi connectivity index (χ0v) is 33.5. The zero-order chi connectivity index (χ0) is 40.1. The maximum absolute atomic E-state index is 13.7. The van der Waals surface area contributed by atoms with E-state index >= 15 is 0 Å². The van der Waals surface area contributed by atoms with Gasteiger partial charge in [-0.25, -0.2) is 29.5 Å². The highest BCUT2D eigenvalue weighted by molar-refractivity contribution is 7.22.